The summed E-state index contributed by atoms with van der Waals surface area (Å²) in [6, 6.07) is 19.9. The smallest absolute Gasteiger partial charge is 0.408 e. The van der Waals surface area contributed by atoms with Gasteiger partial charge in [-0.05, 0) is 44.7 Å². The summed E-state index contributed by atoms with van der Waals surface area (Å²) in [7, 11) is 0. The lowest BCUT2D eigenvalue weighted by molar-refractivity contribution is 0.0514. The van der Waals surface area contributed by atoms with E-state index in [-0.39, 0.29) is 18.6 Å². The number of carbonyl (C=O) groups is 1. The lowest BCUT2D eigenvalue weighted by Gasteiger charge is -2.22. The van der Waals surface area contributed by atoms with Crippen molar-refractivity contribution in [2.45, 2.75) is 45.3 Å². The number of hydrogen-bond donors (Lipinski definition) is 2. The maximum atomic E-state index is 12.2. The van der Waals surface area contributed by atoms with Crippen molar-refractivity contribution in [3.63, 3.8) is 0 Å². The molecule has 0 aliphatic rings. The first kappa shape index (κ1) is 21.7. The van der Waals surface area contributed by atoms with Gasteiger partial charge in [0.15, 0.2) is 0 Å². The van der Waals surface area contributed by atoms with Gasteiger partial charge in [0.25, 0.3) is 0 Å². The van der Waals surface area contributed by atoms with E-state index in [1.54, 1.807) is 0 Å². The molecule has 0 saturated carbocycles. The number of aliphatic hydroxyl groups is 1. The number of rotatable bonds is 8. The molecule has 0 heterocycles. The minimum Gasteiger partial charge on any atom is -0.444 e. The van der Waals surface area contributed by atoms with Crippen LogP contribution in [-0.2, 0) is 17.6 Å². The van der Waals surface area contributed by atoms with Crippen LogP contribution in [0.25, 0.3) is 0 Å². The second-order valence-corrected chi connectivity index (χ2v) is 7.96. The second kappa shape index (κ2) is 10.7. The molecule has 150 valence electrons. The Morgan fingerprint density at radius 2 is 1.50 bits per heavy atom. The standard InChI is InChI=1S/C24H31NO3/c1-24(2,3)28-23(27)25-22(17-20-12-8-5-9-13-20)15-14-21(18-26)16-19-10-6-4-7-11-19/h4-15,21-22,26H,16-18H2,1-3H3,(H,25,27)/t21-,22+/m0/s1. The molecule has 2 aromatic carbocycles. The fraction of sp³-hybridized carbons (Fsp3) is 0.375. The van der Waals surface area contributed by atoms with Crippen molar-refractivity contribution in [1.29, 1.82) is 0 Å². The first-order valence-electron chi connectivity index (χ1n) is 9.72. The summed E-state index contributed by atoms with van der Waals surface area (Å²) in [5.74, 6) is -0.0129. The summed E-state index contributed by atoms with van der Waals surface area (Å²) in [4.78, 5) is 12.2. The molecule has 0 radical (unpaired) electrons. The molecule has 2 N–H and O–H groups in total. The molecule has 4 nitrogen and oxygen atoms in total. The van der Waals surface area contributed by atoms with E-state index in [0.717, 1.165) is 12.0 Å². The van der Waals surface area contributed by atoms with Gasteiger partial charge in [0.05, 0.1) is 6.04 Å². The molecule has 2 aromatic rings. The van der Waals surface area contributed by atoms with Crippen LogP contribution in [0, 0.1) is 5.92 Å². The van der Waals surface area contributed by atoms with Crippen molar-refractivity contribution in [1.82, 2.24) is 5.32 Å². The van der Waals surface area contributed by atoms with E-state index >= 15 is 0 Å². The number of hydrogen-bond acceptors (Lipinski definition) is 3. The third kappa shape index (κ3) is 8.40. The topological polar surface area (TPSA) is 58.6 Å². The fourth-order valence-corrected chi connectivity index (χ4v) is 2.90. The highest BCUT2D eigenvalue weighted by Gasteiger charge is 2.19. The number of carbonyl (C=O) groups excluding carboxylic acids is 1. The molecule has 0 aliphatic heterocycles. The van der Waals surface area contributed by atoms with Crippen LogP contribution < -0.4 is 5.32 Å². The highest BCUT2D eigenvalue weighted by molar-refractivity contribution is 5.68. The van der Waals surface area contributed by atoms with Gasteiger partial charge < -0.3 is 15.2 Å². The predicted molar refractivity (Wildman–Crippen MR) is 113 cm³/mol. The van der Waals surface area contributed by atoms with Gasteiger partial charge in [0.1, 0.15) is 5.60 Å². The van der Waals surface area contributed by atoms with Crippen LogP contribution in [0.5, 0.6) is 0 Å². The zero-order valence-electron chi connectivity index (χ0n) is 17.0. The predicted octanol–water partition coefficient (Wildman–Crippen LogP) is 4.53. The van der Waals surface area contributed by atoms with Gasteiger partial charge in [-0.25, -0.2) is 4.79 Å². The molecule has 1 amide bonds. The molecular formula is C24H31NO3. The third-order valence-electron chi connectivity index (χ3n) is 4.19. The first-order chi connectivity index (χ1) is 13.4. The quantitative estimate of drug-likeness (QED) is 0.661. The molecule has 0 saturated heterocycles. The van der Waals surface area contributed by atoms with Crippen LogP contribution in [0.15, 0.2) is 72.8 Å². The zero-order chi connectivity index (χ0) is 20.4. The van der Waals surface area contributed by atoms with E-state index in [4.69, 9.17) is 4.74 Å². The Hall–Kier alpha value is -2.59. The SMILES string of the molecule is CC(C)(C)OC(=O)N[C@H](C=C[C@H](CO)Cc1ccccc1)Cc1ccccc1. The summed E-state index contributed by atoms with van der Waals surface area (Å²) >= 11 is 0. The average Bonchev–Trinajstić information content (AvgIpc) is 2.65. The van der Waals surface area contributed by atoms with Gasteiger partial charge >= 0.3 is 6.09 Å². The number of alkyl carbamates (subject to hydrolysis) is 1. The Bertz CT molecular complexity index is 735. The molecule has 0 spiro atoms. The lowest BCUT2D eigenvalue weighted by atomic mass is 9.97. The van der Waals surface area contributed by atoms with Gasteiger partial charge in [-0.1, -0.05) is 72.8 Å². The monoisotopic (exact) mass is 381 g/mol. The highest BCUT2D eigenvalue weighted by Crippen LogP contribution is 2.13. The second-order valence-electron chi connectivity index (χ2n) is 7.96. The highest BCUT2D eigenvalue weighted by atomic mass is 16.6. The number of ether oxygens (including phenoxy) is 1. The molecule has 0 bridgehead atoms. The normalized spacial score (nSPS) is 13.9. The largest absolute Gasteiger partial charge is 0.444 e. The minimum absolute atomic E-state index is 0.0129. The number of amides is 1. The molecule has 2 rings (SSSR count). The van der Waals surface area contributed by atoms with Gasteiger partial charge in [0, 0.05) is 12.5 Å². The Morgan fingerprint density at radius 3 is 2.00 bits per heavy atom. The van der Waals surface area contributed by atoms with Crippen LogP contribution in [0.3, 0.4) is 0 Å². The van der Waals surface area contributed by atoms with Crippen molar-refractivity contribution in [3.05, 3.63) is 83.9 Å². The van der Waals surface area contributed by atoms with Crippen molar-refractivity contribution in [2.75, 3.05) is 6.61 Å². The lowest BCUT2D eigenvalue weighted by Crippen LogP contribution is -2.39. The Balaban J connectivity index is 2.07. The van der Waals surface area contributed by atoms with Crippen molar-refractivity contribution in [3.8, 4) is 0 Å². The van der Waals surface area contributed by atoms with Gasteiger partial charge in [-0.3, -0.25) is 0 Å². The van der Waals surface area contributed by atoms with Crippen molar-refractivity contribution >= 4 is 6.09 Å². The van der Waals surface area contributed by atoms with Crippen LogP contribution in [0.1, 0.15) is 31.9 Å². The van der Waals surface area contributed by atoms with Crippen LogP contribution in [0.2, 0.25) is 0 Å². The number of aliphatic hydroxyl groups excluding tert-OH is 1. The third-order valence-corrected chi connectivity index (χ3v) is 4.19. The Labute approximate surface area is 168 Å². The van der Waals surface area contributed by atoms with Crippen molar-refractivity contribution < 1.29 is 14.6 Å². The van der Waals surface area contributed by atoms with Crippen molar-refractivity contribution in [2.24, 2.45) is 5.92 Å². The Morgan fingerprint density at radius 1 is 0.964 bits per heavy atom. The molecule has 0 unspecified atom stereocenters. The van der Waals surface area contributed by atoms with E-state index in [1.165, 1.54) is 5.56 Å². The van der Waals surface area contributed by atoms with E-state index < -0.39 is 11.7 Å². The van der Waals surface area contributed by atoms with E-state index in [2.05, 4.69) is 17.4 Å². The summed E-state index contributed by atoms with van der Waals surface area (Å²) in [5.41, 5.74) is 1.74. The van der Waals surface area contributed by atoms with Crippen LogP contribution >= 0.6 is 0 Å². The zero-order valence-corrected chi connectivity index (χ0v) is 17.0. The average molecular weight is 382 g/mol. The summed E-state index contributed by atoms with van der Waals surface area (Å²) in [6.07, 6.45) is 4.90. The summed E-state index contributed by atoms with van der Waals surface area (Å²) in [6.45, 7) is 5.58. The van der Waals surface area contributed by atoms with Gasteiger partial charge in [-0.2, -0.15) is 0 Å². The van der Waals surface area contributed by atoms with Gasteiger partial charge in [-0.15, -0.1) is 0 Å². The molecular weight excluding hydrogens is 350 g/mol. The maximum Gasteiger partial charge on any atom is 0.408 e. The van der Waals surface area contributed by atoms with E-state index in [9.17, 15) is 9.90 Å². The molecule has 0 aromatic heterocycles. The molecule has 0 fully saturated rings. The van der Waals surface area contributed by atoms with E-state index in [1.807, 2.05) is 81.5 Å². The molecule has 0 aliphatic carbocycles. The minimum atomic E-state index is -0.550. The molecule has 28 heavy (non-hydrogen) atoms. The molecule has 4 heteroatoms. The Kier molecular flexibility index (Phi) is 8.27. The fourth-order valence-electron chi connectivity index (χ4n) is 2.90. The first-order valence-corrected chi connectivity index (χ1v) is 9.72. The number of nitrogens with one attached hydrogen (secondary N) is 1. The number of benzene rings is 2. The summed E-state index contributed by atoms with van der Waals surface area (Å²) < 4.78 is 5.40. The summed E-state index contributed by atoms with van der Waals surface area (Å²) in [5, 5.41) is 12.7. The van der Waals surface area contributed by atoms with Crippen LogP contribution in [0.4, 0.5) is 4.79 Å². The van der Waals surface area contributed by atoms with Gasteiger partial charge in [0.2, 0.25) is 0 Å². The molecule has 2 atom stereocenters. The maximum absolute atomic E-state index is 12.2. The van der Waals surface area contributed by atoms with Crippen LogP contribution in [-0.4, -0.2) is 29.4 Å². The van der Waals surface area contributed by atoms with E-state index in [0.29, 0.717) is 6.42 Å².